The molecule has 37 heavy (non-hydrogen) atoms. The number of alkyl halides is 5. The van der Waals surface area contributed by atoms with Gasteiger partial charge in [-0.3, -0.25) is 9.78 Å². The number of H-pyrrole nitrogens is 1. The summed E-state index contributed by atoms with van der Waals surface area (Å²) in [5, 5.41) is 13.6. The molecule has 5 rings (SSSR count). The summed E-state index contributed by atoms with van der Waals surface area (Å²) in [4.78, 5) is 31.7. The van der Waals surface area contributed by atoms with Crippen molar-refractivity contribution in [1.82, 2.24) is 34.7 Å². The van der Waals surface area contributed by atoms with Crippen molar-refractivity contribution in [2.45, 2.75) is 50.2 Å². The van der Waals surface area contributed by atoms with Crippen LogP contribution in [0, 0.1) is 11.3 Å². The Morgan fingerprint density at radius 3 is 2.49 bits per heavy atom. The average molecular weight is 516 g/mol. The lowest BCUT2D eigenvalue weighted by atomic mass is 9.72. The van der Waals surface area contributed by atoms with Crippen LogP contribution in [-0.2, 0) is 6.18 Å². The number of halogens is 5. The molecule has 0 unspecified atom stereocenters. The van der Waals surface area contributed by atoms with Crippen molar-refractivity contribution in [3.05, 3.63) is 75.2 Å². The molecule has 0 bridgehead atoms. The fourth-order valence-electron chi connectivity index (χ4n) is 4.37. The van der Waals surface area contributed by atoms with E-state index in [0.717, 1.165) is 18.3 Å². The molecule has 4 heterocycles. The summed E-state index contributed by atoms with van der Waals surface area (Å²) >= 11 is 0. The van der Waals surface area contributed by atoms with E-state index >= 15 is 0 Å². The smallest absolute Gasteiger partial charge is 0.310 e. The molecule has 4 aromatic heterocycles. The van der Waals surface area contributed by atoms with Crippen molar-refractivity contribution in [2.24, 2.45) is 0 Å². The minimum Gasteiger partial charge on any atom is -0.310 e. The monoisotopic (exact) mass is 516 g/mol. The van der Waals surface area contributed by atoms with E-state index in [9.17, 15) is 32.0 Å². The van der Waals surface area contributed by atoms with E-state index < -0.39 is 35.6 Å². The van der Waals surface area contributed by atoms with Crippen molar-refractivity contribution in [3.8, 4) is 6.07 Å². The van der Waals surface area contributed by atoms with E-state index in [-0.39, 0.29) is 40.2 Å². The van der Waals surface area contributed by atoms with Crippen molar-refractivity contribution in [2.75, 3.05) is 0 Å². The van der Waals surface area contributed by atoms with Gasteiger partial charge in [-0.25, -0.2) is 28.4 Å². The molecule has 1 N–H and O–H groups in total. The summed E-state index contributed by atoms with van der Waals surface area (Å²) in [6.45, 7) is 1.62. The number of aromatic amines is 1. The predicted octanol–water partition coefficient (Wildman–Crippen LogP) is 4.40. The van der Waals surface area contributed by atoms with Gasteiger partial charge in [-0.05, 0) is 37.5 Å². The Kier molecular flexibility index (Phi) is 5.93. The summed E-state index contributed by atoms with van der Waals surface area (Å²) in [5.74, 6) is -0.264. The van der Waals surface area contributed by atoms with Gasteiger partial charge >= 0.3 is 6.18 Å². The number of rotatable bonds is 5. The van der Waals surface area contributed by atoms with Crippen LogP contribution in [0.4, 0.5) is 22.0 Å². The van der Waals surface area contributed by atoms with Crippen LogP contribution in [-0.4, -0.2) is 34.7 Å². The van der Waals surface area contributed by atoms with Gasteiger partial charge in [0.15, 0.2) is 11.3 Å². The molecule has 0 aliphatic heterocycles. The first-order valence-corrected chi connectivity index (χ1v) is 11.1. The van der Waals surface area contributed by atoms with E-state index in [1.807, 2.05) is 6.07 Å². The van der Waals surface area contributed by atoms with Crippen molar-refractivity contribution in [3.63, 3.8) is 0 Å². The second-order valence-electron chi connectivity index (χ2n) is 8.64. The first-order chi connectivity index (χ1) is 17.6. The molecule has 0 aromatic carbocycles. The van der Waals surface area contributed by atoms with E-state index in [4.69, 9.17) is 0 Å². The van der Waals surface area contributed by atoms with Gasteiger partial charge in [0.25, 0.3) is 12.0 Å². The van der Waals surface area contributed by atoms with E-state index in [2.05, 4.69) is 30.0 Å². The van der Waals surface area contributed by atoms with Gasteiger partial charge < -0.3 is 4.98 Å². The number of nitriles is 1. The topological polar surface area (TPSA) is 126 Å². The van der Waals surface area contributed by atoms with Crippen LogP contribution in [0.25, 0.3) is 11.0 Å². The molecule has 0 saturated heterocycles. The Balaban J connectivity index is 1.55. The molecule has 1 saturated carbocycles. The molecule has 0 radical (unpaired) electrons. The highest BCUT2D eigenvalue weighted by Crippen LogP contribution is 2.47. The average Bonchev–Trinajstić information content (AvgIpc) is 3.22. The first kappa shape index (κ1) is 24.4. The zero-order valence-electron chi connectivity index (χ0n) is 19.0. The highest BCUT2D eigenvalue weighted by atomic mass is 19.4. The quantitative estimate of drug-likeness (QED) is 0.390. The van der Waals surface area contributed by atoms with Crippen LogP contribution in [0.5, 0.6) is 0 Å². The second kappa shape index (κ2) is 8.99. The Labute approximate surface area is 205 Å². The van der Waals surface area contributed by atoms with Crippen molar-refractivity contribution in [1.29, 1.82) is 5.26 Å². The normalized spacial score (nSPS) is 18.5. The third kappa shape index (κ3) is 4.30. The van der Waals surface area contributed by atoms with E-state index in [1.54, 1.807) is 6.92 Å². The fraction of sp³-hybridized carbons (Fsp3) is 0.348. The minimum atomic E-state index is -4.60. The van der Waals surface area contributed by atoms with Crippen molar-refractivity contribution < 1.29 is 22.0 Å². The van der Waals surface area contributed by atoms with Crippen LogP contribution in [0.15, 0.2) is 35.4 Å². The van der Waals surface area contributed by atoms with E-state index in [0.29, 0.717) is 18.4 Å². The molecule has 1 fully saturated rings. The third-order valence-electron chi connectivity index (χ3n) is 6.49. The Morgan fingerprint density at radius 1 is 1.14 bits per heavy atom. The Morgan fingerprint density at radius 2 is 1.89 bits per heavy atom. The van der Waals surface area contributed by atoms with Gasteiger partial charge in [-0.2, -0.15) is 23.5 Å². The Hall–Kier alpha value is -4.28. The molecule has 14 heteroatoms. The van der Waals surface area contributed by atoms with Gasteiger partial charge in [0, 0.05) is 24.2 Å². The summed E-state index contributed by atoms with van der Waals surface area (Å²) in [7, 11) is 0. The van der Waals surface area contributed by atoms with Gasteiger partial charge in [0.2, 0.25) is 0 Å². The number of pyridine rings is 1. The number of hydrogen-bond donors (Lipinski definition) is 1. The van der Waals surface area contributed by atoms with Crippen LogP contribution in [0.1, 0.15) is 78.4 Å². The molecule has 1 aliphatic rings. The van der Waals surface area contributed by atoms with E-state index in [1.165, 1.54) is 16.9 Å². The molecular formula is C23H17F5N8O. The molecule has 9 nitrogen and oxygen atoms in total. The fourth-order valence-corrected chi connectivity index (χ4v) is 4.37. The molecular weight excluding hydrogens is 499 g/mol. The van der Waals surface area contributed by atoms with Crippen LogP contribution in [0.3, 0.4) is 0 Å². The highest BCUT2D eigenvalue weighted by molar-refractivity contribution is 5.80. The standard InChI is InChI=1S/C23H17F5N8O/c1-10(11-2-5-16(31-9-11)23(26,27)28)36-21-17(15(8-29)35-36)22(37)34-20(33-21)13-4-3-12(13)19-30-7-6-14(32-19)18(24)25/h2,5-7,9-10,12-13,18H,3-4H2,1H3,(H,33,34,37)/t10-,12-,13-/m0/s1. The maximum atomic E-state index is 13.1. The minimum absolute atomic E-state index is 0.0650. The molecule has 3 atom stereocenters. The number of fused-ring (bicyclic) bond motifs is 1. The SMILES string of the molecule is C[C@@H](c1ccc(C(F)(F)F)nc1)n1nc(C#N)c2c(=O)[nH]c([C@H]3CC[C@@H]3c3nccc(C(F)F)n3)nc21. The number of hydrogen-bond acceptors (Lipinski definition) is 7. The summed E-state index contributed by atoms with van der Waals surface area (Å²) < 4.78 is 66.2. The molecule has 0 amide bonds. The zero-order valence-corrected chi connectivity index (χ0v) is 19.0. The second-order valence-corrected chi connectivity index (χ2v) is 8.64. The highest BCUT2D eigenvalue weighted by Gasteiger charge is 2.38. The van der Waals surface area contributed by atoms with Gasteiger partial charge in [-0.1, -0.05) is 6.07 Å². The number of aromatic nitrogens is 7. The lowest BCUT2D eigenvalue weighted by Gasteiger charge is -2.34. The summed E-state index contributed by atoms with van der Waals surface area (Å²) in [6, 6.07) is 4.34. The predicted molar refractivity (Wildman–Crippen MR) is 118 cm³/mol. The number of nitrogens with one attached hydrogen (secondary N) is 1. The van der Waals surface area contributed by atoms with Gasteiger partial charge in [0.1, 0.15) is 34.5 Å². The van der Waals surface area contributed by atoms with Crippen LogP contribution < -0.4 is 5.56 Å². The van der Waals surface area contributed by atoms with Gasteiger partial charge in [0.05, 0.1) is 6.04 Å². The first-order valence-electron chi connectivity index (χ1n) is 11.1. The van der Waals surface area contributed by atoms with Crippen molar-refractivity contribution >= 4 is 11.0 Å². The van der Waals surface area contributed by atoms with Crippen LogP contribution in [0.2, 0.25) is 0 Å². The molecule has 190 valence electrons. The summed E-state index contributed by atoms with van der Waals surface area (Å²) in [5.41, 5.74) is -1.85. The maximum absolute atomic E-state index is 13.1. The molecule has 1 aliphatic carbocycles. The Bertz CT molecular complexity index is 1570. The van der Waals surface area contributed by atoms with Crippen LogP contribution >= 0.6 is 0 Å². The largest absolute Gasteiger partial charge is 0.433 e. The third-order valence-corrected chi connectivity index (χ3v) is 6.49. The molecule has 0 spiro atoms. The summed E-state index contributed by atoms with van der Waals surface area (Å²) in [6.07, 6.45) is -3.87. The lowest BCUT2D eigenvalue weighted by molar-refractivity contribution is -0.141. The zero-order chi connectivity index (χ0) is 26.5. The molecule has 4 aromatic rings. The number of nitrogens with zero attached hydrogens (tertiary/aromatic N) is 7. The van der Waals surface area contributed by atoms with Gasteiger partial charge in [-0.15, -0.1) is 0 Å². The lowest BCUT2D eigenvalue weighted by Crippen LogP contribution is -2.28. The maximum Gasteiger partial charge on any atom is 0.433 e.